The van der Waals surface area contributed by atoms with Crippen molar-refractivity contribution >= 4 is 11.6 Å². The van der Waals surface area contributed by atoms with Gasteiger partial charge in [0.1, 0.15) is 17.5 Å². The molecule has 2 aromatic rings. The van der Waals surface area contributed by atoms with E-state index in [2.05, 4.69) is 25.2 Å². The summed E-state index contributed by atoms with van der Waals surface area (Å²) in [6.45, 7) is 4.17. The number of rotatable bonds is 8. The van der Waals surface area contributed by atoms with Crippen molar-refractivity contribution in [2.75, 3.05) is 44.1 Å². The number of nitrogens with zero attached hydrogens (tertiary/aromatic N) is 4. The number of hydrogen-bond donors (Lipinski definition) is 1. The van der Waals surface area contributed by atoms with E-state index in [1.807, 2.05) is 44.6 Å². The van der Waals surface area contributed by atoms with Gasteiger partial charge >= 0.3 is 0 Å². The van der Waals surface area contributed by atoms with Crippen LogP contribution in [-0.2, 0) is 11.2 Å². The molecule has 0 aliphatic heterocycles. The maximum absolute atomic E-state index is 5.04. The summed E-state index contributed by atoms with van der Waals surface area (Å²) in [5.74, 6) is 2.50. The van der Waals surface area contributed by atoms with E-state index < -0.39 is 0 Å². The topological polar surface area (TPSA) is 63.2 Å². The minimum Gasteiger partial charge on any atom is -0.383 e. The Balaban J connectivity index is 1.97. The molecular formula is C16H23N5O. The van der Waals surface area contributed by atoms with Crippen LogP contribution < -0.4 is 10.2 Å². The summed E-state index contributed by atoms with van der Waals surface area (Å²) in [4.78, 5) is 15.1. The Hall–Kier alpha value is -2.21. The molecule has 0 bridgehead atoms. The van der Waals surface area contributed by atoms with Gasteiger partial charge < -0.3 is 15.0 Å². The van der Waals surface area contributed by atoms with Crippen molar-refractivity contribution in [2.24, 2.45) is 0 Å². The van der Waals surface area contributed by atoms with E-state index in [9.17, 15) is 0 Å². The lowest BCUT2D eigenvalue weighted by atomic mass is 10.2. The Kier molecular flexibility index (Phi) is 6.09. The second kappa shape index (κ2) is 8.29. The molecule has 2 heterocycles. The molecule has 6 nitrogen and oxygen atoms in total. The average molecular weight is 301 g/mol. The summed E-state index contributed by atoms with van der Waals surface area (Å²) in [5, 5.41) is 3.24. The molecule has 6 heteroatoms. The molecule has 0 atom stereocenters. The second-order valence-corrected chi connectivity index (χ2v) is 5.11. The van der Waals surface area contributed by atoms with Crippen LogP contribution in [0.15, 0.2) is 30.6 Å². The fourth-order valence-electron chi connectivity index (χ4n) is 2.08. The number of aryl methyl sites for hydroxylation is 1. The lowest BCUT2D eigenvalue weighted by molar-refractivity contribution is 0.210. The van der Waals surface area contributed by atoms with Gasteiger partial charge in [0.25, 0.3) is 0 Å². The summed E-state index contributed by atoms with van der Waals surface area (Å²) in [6.07, 6.45) is 4.60. The third-order valence-corrected chi connectivity index (χ3v) is 3.31. The van der Waals surface area contributed by atoms with Crippen LogP contribution in [0, 0.1) is 6.92 Å². The molecule has 0 unspecified atom stereocenters. The van der Waals surface area contributed by atoms with Crippen LogP contribution in [0.2, 0.25) is 0 Å². The van der Waals surface area contributed by atoms with Gasteiger partial charge in [-0.2, -0.15) is 0 Å². The van der Waals surface area contributed by atoms with E-state index in [0.29, 0.717) is 6.61 Å². The van der Waals surface area contributed by atoms with Crippen LogP contribution in [0.4, 0.5) is 11.6 Å². The molecule has 22 heavy (non-hydrogen) atoms. The van der Waals surface area contributed by atoms with Gasteiger partial charge in [0.2, 0.25) is 0 Å². The zero-order chi connectivity index (χ0) is 15.8. The number of nitrogens with one attached hydrogen (secondary N) is 1. The van der Waals surface area contributed by atoms with Crippen molar-refractivity contribution in [2.45, 2.75) is 13.3 Å². The quantitative estimate of drug-likeness (QED) is 0.752. The Morgan fingerprint density at radius 1 is 1.23 bits per heavy atom. The molecule has 0 aromatic carbocycles. The van der Waals surface area contributed by atoms with Crippen molar-refractivity contribution in [1.29, 1.82) is 0 Å². The molecule has 2 aromatic heterocycles. The molecule has 0 aliphatic rings. The van der Waals surface area contributed by atoms with E-state index in [4.69, 9.17) is 4.74 Å². The van der Waals surface area contributed by atoms with Gasteiger partial charge in [-0.05, 0) is 31.0 Å². The smallest absolute Gasteiger partial charge is 0.134 e. The molecule has 0 spiro atoms. The van der Waals surface area contributed by atoms with Crippen molar-refractivity contribution in [3.63, 3.8) is 0 Å². The van der Waals surface area contributed by atoms with Crippen LogP contribution in [0.5, 0.6) is 0 Å². The molecule has 0 saturated carbocycles. The number of ether oxygens (including phenoxy) is 1. The van der Waals surface area contributed by atoms with Crippen LogP contribution in [0.25, 0.3) is 0 Å². The Morgan fingerprint density at radius 3 is 2.73 bits per heavy atom. The molecule has 0 amide bonds. The zero-order valence-corrected chi connectivity index (χ0v) is 13.4. The van der Waals surface area contributed by atoms with Crippen molar-refractivity contribution in [3.05, 3.63) is 42.0 Å². The van der Waals surface area contributed by atoms with Gasteiger partial charge in [-0.1, -0.05) is 0 Å². The largest absolute Gasteiger partial charge is 0.383 e. The van der Waals surface area contributed by atoms with Crippen LogP contribution in [0.1, 0.15) is 11.4 Å². The maximum Gasteiger partial charge on any atom is 0.134 e. The number of hydrogen-bond acceptors (Lipinski definition) is 6. The van der Waals surface area contributed by atoms with Crippen LogP contribution in [0.3, 0.4) is 0 Å². The Labute approximate surface area is 131 Å². The SMILES string of the molecule is COCCNc1cc(N(C)CCc2ccncc2)nc(C)n1. The van der Waals surface area contributed by atoms with Gasteiger partial charge in [-0.3, -0.25) is 4.98 Å². The summed E-state index contributed by atoms with van der Waals surface area (Å²) in [6, 6.07) is 6.04. The summed E-state index contributed by atoms with van der Waals surface area (Å²) < 4.78 is 5.04. The predicted molar refractivity (Wildman–Crippen MR) is 88.3 cm³/mol. The summed E-state index contributed by atoms with van der Waals surface area (Å²) in [7, 11) is 3.73. The second-order valence-electron chi connectivity index (χ2n) is 5.11. The van der Waals surface area contributed by atoms with E-state index in [1.165, 1.54) is 5.56 Å². The Morgan fingerprint density at radius 2 is 2.00 bits per heavy atom. The standard InChI is InChI=1S/C16H23N5O/c1-13-19-15(18-9-11-22-3)12-16(20-13)21(2)10-6-14-4-7-17-8-5-14/h4-5,7-8,12H,6,9-11H2,1-3H3,(H,18,19,20). The van der Waals surface area contributed by atoms with E-state index in [0.717, 1.165) is 37.0 Å². The summed E-state index contributed by atoms with van der Waals surface area (Å²) in [5.41, 5.74) is 1.27. The fraction of sp³-hybridized carbons (Fsp3) is 0.438. The zero-order valence-electron chi connectivity index (χ0n) is 13.4. The number of anilines is 2. The lowest BCUT2D eigenvalue weighted by Gasteiger charge is -2.19. The van der Waals surface area contributed by atoms with Crippen molar-refractivity contribution < 1.29 is 4.74 Å². The number of pyridine rings is 1. The van der Waals surface area contributed by atoms with E-state index in [1.54, 1.807) is 7.11 Å². The number of methoxy groups -OCH3 is 1. The molecular weight excluding hydrogens is 278 g/mol. The van der Waals surface area contributed by atoms with Gasteiger partial charge in [0.05, 0.1) is 6.61 Å². The molecule has 1 N–H and O–H groups in total. The molecule has 118 valence electrons. The molecule has 2 rings (SSSR count). The maximum atomic E-state index is 5.04. The number of likely N-dealkylation sites (N-methyl/N-ethyl adjacent to an activating group) is 1. The Bertz CT molecular complexity index is 576. The minimum absolute atomic E-state index is 0.649. The number of aromatic nitrogens is 3. The van der Waals surface area contributed by atoms with Crippen LogP contribution >= 0.6 is 0 Å². The molecule has 0 aliphatic carbocycles. The van der Waals surface area contributed by atoms with Crippen molar-refractivity contribution in [3.8, 4) is 0 Å². The third kappa shape index (κ3) is 4.96. The van der Waals surface area contributed by atoms with Crippen molar-refractivity contribution in [1.82, 2.24) is 15.0 Å². The van der Waals surface area contributed by atoms with Gasteiger partial charge in [0.15, 0.2) is 0 Å². The first-order chi connectivity index (χ1) is 10.7. The fourth-order valence-corrected chi connectivity index (χ4v) is 2.08. The predicted octanol–water partition coefficient (Wildman–Crippen LogP) is 1.92. The normalized spacial score (nSPS) is 10.5. The van der Waals surface area contributed by atoms with E-state index in [-0.39, 0.29) is 0 Å². The first-order valence-electron chi connectivity index (χ1n) is 7.37. The highest BCUT2D eigenvalue weighted by Gasteiger charge is 2.07. The third-order valence-electron chi connectivity index (χ3n) is 3.31. The molecule has 0 radical (unpaired) electrons. The highest BCUT2D eigenvalue weighted by Crippen LogP contribution is 2.15. The van der Waals surface area contributed by atoms with Crippen LogP contribution in [-0.4, -0.2) is 48.8 Å². The van der Waals surface area contributed by atoms with Gasteiger partial charge in [-0.25, -0.2) is 9.97 Å². The van der Waals surface area contributed by atoms with E-state index >= 15 is 0 Å². The first-order valence-corrected chi connectivity index (χ1v) is 7.37. The lowest BCUT2D eigenvalue weighted by Crippen LogP contribution is -2.22. The van der Waals surface area contributed by atoms with Gasteiger partial charge in [0, 0.05) is 45.7 Å². The summed E-state index contributed by atoms with van der Waals surface area (Å²) >= 11 is 0. The molecule has 0 fully saturated rings. The highest BCUT2D eigenvalue weighted by atomic mass is 16.5. The minimum atomic E-state index is 0.649. The molecule has 0 saturated heterocycles. The highest BCUT2D eigenvalue weighted by molar-refractivity contribution is 5.49. The monoisotopic (exact) mass is 301 g/mol. The van der Waals surface area contributed by atoms with Gasteiger partial charge in [-0.15, -0.1) is 0 Å². The first kappa shape index (κ1) is 16.2. The average Bonchev–Trinajstić information content (AvgIpc) is 2.53.